The van der Waals surface area contributed by atoms with Gasteiger partial charge < -0.3 is 25.2 Å². The zero-order chi connectivity index (χ0) is 16.4. The molecule has 4 rings (SSSR count). The molecule has 5 heteroatoms. The predicted molar refractivity (Wildman–Crippen MR) is 90.5 cm³/mol. The van der Waals surface area contributed by atoms with Crippen LogP contribution in [0.2, 0.25) is 0 Å². The van der Waals surface area contributed by atoms with E-state index in [1.807, 2.05) is 30.3 Å². The van der Waals surface area contributed by atoms with Gasteiger partial charge in [-0.05, 0) is 35.4 Å². The number of ether oxygens (including phenoxy) is 2. The van der Waals surface area contributed by atoms with E-state index >= 15 is 0 Å². The van der Waals surface area contributed by atoms with Crippen molar-refractivity contribution >= 4 is 5.69 Å². The average Bonchev–Trinajstić information content (AvgIpc) is 3.10. The molecular formula is C19H23N2O3+. The predicted octanol–water partition coefficient (Wildman–Crippen LogP) is 1.44. The molecule has 0 amide bonds. The van der Waals surface area contributed by atoms with Gasteiger partial charge in [-0.3, -0.25) is 0 Å². The highest BCUT2D eigenvalue weighted by Crippen LogP contribution is 2.35. The summed E-state index contributed by atoms with van der Waals surface area (Å²) in [7, 11) is 0. The van der Waals surface area contributed by atoms with E-state index < -0.39 is 6.10 Å². The SMILES string of the molecule is OC(c1ccc([NH2+]C2CCNCC2)cc1)c1ccc2c(c1)OCO2. The highest BCUT2D eigenvalue weighted by atomic mass is 16.7. The van der Waals surface area contributed by atoms with Crippen molar-refractivity contribution in [2.45, 2.75) is 25.0 Å². The second kappa shape index (κ2) is 6.81. The fourth-order valence-electron chi connectivity index (χ4n) is 3.35. The van der Waals surface area contributed by atoms with Crippen LogP contribution in [-0.2, 0) is 0 Å². The van der Waals surface area contributed by atoms with Crippen LogP contribution in [-0.4, -0.2) is 31.0 Å². The van der Waals surface area contributed by atoms with Gasteiger partial charge in [-0.1, -0.05) is 18.2 Å². The molecule has 1 saturated heterocycles. The lowest BCUT2D eigenvalue weighted by molar-refractivity contribution is -0.613. The number of hydrogen-bond acceptors (Lipinski definition) is 4. The zero-order valence-electron chi connectivity index (χ0n) is 13.6. The molecule has 2 heterocycles. The minimum absolute atomic E-state index is 0.246. The number of fused-ring (bicyclic) bond motifs is 1. The molecule has 0 radical (unpaired) electrons. The molecule has 2 aliphatic rings. The molecule has 1 fully saturated rings. The van der Waals surface area contributed by atoms with Gasteiger partial charge in [0.05, 0.1) is 6.04 Å². The van der Waals surface area contributed by atoms with E-state index in [0.29, 0.717) is 11.8 Å². The Kier molecular flexibility index (Phi) is 4.38. The Hall–Kier alpha value is -2.08. The number of aliphatic hydroxyl groups excluding tert-OH is 1. The summed E-state index contributed by atoms with van der Waals surface area (Å²) in [6.45, 7) is 2.44. The van der Waals surface area contributed by atoms with Crippen molar-refractivity contribution in [2.24, 2.45) is 0 Å². The van der Waals surface area contributed by atoms with E-state index in [4.69, 9.17) is 9.47 Å². The van der Waals surface area contributed by atoms with Gasteiger partial charge in [0, 0.05) is 25.9 Å². The van der Waals surface area contributed by atoms with Crippen LogP contribution >= 0.6 is 0 Å². The highest BCUT2D eigenvalue weighted by molar-refractivity contribution is 5.47. The first-order chi connectivity index (χ1) is 11.8. The van der Waals surface area contributed by atoms with Crippen LogP contribution in [0.1, 0.15) is 30.1 Å². The Balaban J connectivity index is 1.45. The lowest BCUT2D eigenvalue weighted by atomic mass is 10.0. The summed E-state index contributed by atoms with van der Waals surface area (Å²) < 4.78 is 10.7. The number of quaternary nitrogens is 1. The summed E-state index contributed by atoms with van der Waals surface area (Å²) in [6, 6.07) is 14.4. The number of rotatable bonds is 4. The Morgan fingerprint density at radius 2 is 1.67 bits per heavy atom. The van der Waals surface area contributed by atoms with Crippen molar-refractivity contribution in [3.05, 3.63) is 53.6 Å². The first kappa shape index (κ1) is 15.4. The molecule has 2 aromatic rings. The summed E-state index contributed by atoms with van der Waals surface area (Å²) in [5.74, 6) is 1.43. The van der Waals surface area contributed by atoms with Crippen LogP contribution in [0.5, 0.6) is 11.5 Å². The third kappa shape index (κ3) is 3.24. The normalized spacial score (nSPS) is 18.5. The maximum absolute atomic E-state index is 10.6. The largest absolute Gasteiger partial charge is 0.454 e. The summed E-state index contributed by atoms with van der Waals surface area (Å²) in [5.41, 5.74) is 2.93. The Labute approximate surface area is 141 Å². The highest BCUT2D eigenvalue weighted by Gasteiger charge is 2.19. The molecule has 1 atom stereocenters. The van der Waals surface area contributed by atoms with Gasteiger partial charge in [-0.15, -0.1) is 0 Å². The zero-order valence-corrected chi connectivity index (χ0v) is 13.6. The lowest BCUT2D eigenvalue weighted by Crippen LogP contribution is -2.85. The molecular weight excluding hydrogens is 304 g/mol. The monoisotopic (exact) mass is 327 g/mol. The molecule has 0 spiro atoms. The quantitative estimate of drug-likeness (QED) is 0.744. The fraction of sp³-hybridized carbons (Fsp3) is 0.368. The molecule has 126 valence electrons. The standard InChI is InChI=1S/C19H22N2O3/c22-19(14-3-6-17-18(11-14)24-12-23-17)13-1-4-15(5-2-13)21-16-7-9-20-10-8-16/h1-6,11,16,19-22H,7-10,12H2/p+1. The average molecular weight is 327 g/mol. The summed E-state index contributed by atoms with van der Waals surface area (Å²) in [5, 5.41) is 16.4. The third-order valence-electron chi connectivity index (χ3n) is 4.78. The van der Waals surface area contributed by atoms with Gasteiger partial charge >= 0.3 is 0 Å². The summed E-state index contributed by atoms with van der Waals surface area (Å²) in [4.78, 5) is 0. The first-order valence-corrected chi connectivity index (χ1v) is 8.53. The molecule has 0 bridgehead atoms. The van der Waals surface area contributed by atoms with Crippen LogP contribution in [0, 0.1) is 0 Å². The van der Waals surface area contributed by atoms with Gasteiger partial charge in [0.15, 0.2) is 11.5 Å². The number of nitrogens with two attached hydrogens (primary N) is 1. The fourth-order valence-corrected chi connectivity index (χ4v) is 3.35. The van der Waals surface area contributed by atoms with Crippen LogP contribution in [0.3, 0.4) is 0 Å². The van der Waals surface area contributed by atoms with Crippen molar-refractivity contribution in [2.75, 3.05) is 19.9 Å². The number of benzene rings is 2. The number of piperidine rings is 1. The minimum atomic E-state index is -0.660. The maximum Gasteiger partial charge on any atom is 0.231 e. The summed E-state index contributed by atoms with van der Waals surface area (Å²) >= 11 is 0. The Bertz CT molecular complexity index is 696. The molecule has 4 N–H and O–H groups in total. The molecule has 0 saturated carbocycles. The van der Waals surface area contributed by atoms with E-state index in [0.717, 1.165) is 30.0 Å². The van der Waals surface area contributed by atoms with Gasteiger partial charge in [0.25, 0.3) is 0 Å². The van der Waals surface area contributed by atoms with Crippen molar-refractivity contribution in [1.82, 2.24) is 5.32 Å². The van der Waals surface area contributed by atoms with Gasteiger partial charge in [-0.25, -0.2) is 0 Å². The van der Waals surface area contributed by atoms with Gasteiger partial charge in [0.2, 0.25) is 6.79 Å². The number of hydrogen-bond donors (Lipinski definition) is 3. The van der Waals surface area contributed by atoms with Crippen molar-refractivity contribution in [3.8, 4) is 11.5 Å². The van der Waals surface area contributed by atoms with E-state index in [2.05, 4.69) is 22.8 Å². The van der Waals surface area contributed by atoms with E-state index in [1.54, 1.807) is 0 Å². The molecule has 2 aromatic carbocycles. The van der Waals surface area contributed by atoms with E-state index in [1.165, 1.54) is 18.5 Å². The van der Waals surface area contributed by atoms with Crippen molar-refractivity contribution < 1.29 is 19.9 Å². The minimum Gasteiger partial charge on any atom is -0.454 e. The maximum atomic E-state index is 10.6. The molecule has 2 aliphatic heterocycles. The van der Waals surface area contributed by atoms with E-state index in [-0.39, 0.29) is 6.79 Å². The molecule has 24 heavy (non-hydrogen) atoms. The van der Waals surface area contributed by atoms with Crippen molar-refractivity contribution in [3.63, 3.8) is 0 Å². The van der Waals surface area contributed by atoms with Crippen LogP contribution < -0.4 is 20.1 Å². The third-order valence-corrected chi connectivity index (χ3v) is 4.78. The second-order valence-electron chi connectivity index (χ2n) is 6.44. The second-order valence-corrected chi connectivity index (χ2v) is 6.44. The van der Waals surface area contributed by atoms with Crippen LogP contribution in [0.25, 0.3) is 0 Å². The lowest BCUT2D eigenvalue weighted by Gasteiger charge is -2.21. The topological polar surface area (TPSA) is 67.3 Å². The molecule has 1 unspecified atom stereocenters. The Morgan fingerprint density at radius 3 is 2.46 bits per heavy atom. The number of aliphatic hydroxyl groups is 1. The van der Waals surface area contributed by atoms with E-state index in [9.17, 15) is 5.11 Å². The number of nitrogens with one attached hydrogen (secondary N) is 1. The smallest absolute Gasteiger partial charge is 0.231 e. The van der Waals surface area contributed by atoms with Gasteiger partial charge in [0.1, 0.15) is 11.8 Å². The summed E-state index contributed by atoms with van der Waals surface area (Å²) in [6.07, 6.45) is 1.73. The molecule has 5 nitrogen and oxygen atoms in total. The van der Waals surface area contributed by atoms with Crippen LogP contribution in [0.4, 0.5) is 5.69 Å². The van der Waals surface area contributed by atoms with Crippen LogP contribution in [0.15, 0.2) is 42.5 Å². The van der Waals surface area contributed by atoms with Crippen molar-refractivity contribution in [1.29, 1.82) is 0 Å². The first-order valence-electron chi connectivity index (χ1n) is 8.53. The molecule has 0 aromatic heterocycles. The van der Waals surface area contributed by atoms with Gasteiger partial charge in [-0.2, -0.15) is 0 Å². The Morgan fingerprint density at radius 1 is 0.958 bits per heavy atom. The molecule has 0 aliphatic carbocycles.